The van der Waals surface area contributed by atoms with Crippen molar-refractivity contribution in [2.45, 2.75) is 132 Å². The molecule has 1 aliphatic heterocycles. The number of fused-ring (bicyclic) bond motifs is 7. The zero-order valence-electron chi connectivity index (χ0n) is 31.2. The van der Waals surface area contributed by atoms with E-state index in [4.69, 9.17) is 4.74 Å². The van der Waals surface area contributed by atoms with Crippen LogP contribution in [0.2, 0.25) is 0 Å². The molecule has 7 aliphatic carbocycles. The van der Waals surface area contributed by atoms with E-state index in [0.29, 0.717) is 70.1 Å². The van der Waals surface area contributed by atoms with Crippen LogP contribution in [0, 0.1) is 70.0 Å². The van der Waals surface area contributed by atoms with Crippen molar-refractivity contribution < 1.29 is 39.9 Å². The lowest BCUT2D eigenvalue weighted by molar-refractivity contribution is -0.343. The number of benzene rings is 1. The van der Waals surface area contributed by atoms with Crippen molar-refractivity contribution in [2.24, 2.45) is 58.2 Å². The van der Waals surface area contributed by atoms with Gasteiger partial charge in [-0.25, -0.2) is 4.79 Å². The molecule has 6 saturated carbocycles. The third kappa shape index (κ3) is 4.66. The van der Waals surface area contributed by atoms with Crippen molar-refractivity contribution in [3.05, 3.63) is 47.0 Å². The number of ether oxygens (including phenoxy) is 1. The maximum atomic E-state index is 13.9. The predicted molar refractivity (Wildman–Crippen MR) is 195 cm³/mol. The number of carbonyl (C=O) groups excluding carboxylic acids is 2. The predicted octanol–water partition coefficient (Wildman–Crippen LogP) is 3.81. The van der Waals surface area contributed by atoms with Gasteiger partial charge in [0, 0.05) is 47.3 Å². The molecule has 8 aliphatic rings. The Morgan fingerprint density at radius 3 is 2.62 bits per heavy atom. The Kier molecular flexibility index (Phi) is 8.48. The zero-order valence-corrected chi connectivity index (χ0v) is 31.2. The van der Waals surface area contributed by atoms with Crippen LogP contribution in [0.25, 0.3) is 0 Å². The van der Waals surface area contributed by atoms with Gasteiger partial charge in [-0.1, -0.05) is 43.9 Å². The SMILES string of the molecule is CC(C)[C@H]1CC[C@@H]2[C@@H](O)CC[C@]3(C=O)[C@H]4CC[C@@]56CCC#Cc7ccccc7C[C@@H](NCO)[C@H]7C[C@H](C[C@]5(O)[C@]4(O)C[C@@H](C1)[C@]23O)[C@@H]6C1=CC(=O)O[C@H]17. The number of nitrogens with one attached hydrogen (secondary N) is 1. The van der Waals surface area contributed by atoms with E-state index in [1.165, 1.54) is 0 Å². The summed E-state index contributed by atoms with van der Waals surface area (Å²) in [6, 6.07) is 7.80. The topological polar surface area (TPSA) is 157 Å². The number of aliphatic hydroxyl groups is 5. The van der Waals surface area contributed by atoms with Crippen LogP contribution in [0.3, 0.4) is 0 Å². The third-order valence-electron chi connectivity index (χ3n) is 17.1. The summed E-state index contributed by atoms with van der Waals surface area (Å²) >= 11 is 0. The van der Waals surface area contributed by atoms with Crippen LogP contribution in [0.4, 0.5) is 0 Å². The molecule has 9 nitrogen and oxygen atoms in total. The zero-order chi connectivity index (χ0) is 37.1. The van der Waals surface area contributed by atoms with Crippen molar-refractivity contribution in [3.63, 3.8) is 0 Å². The number of aldehydes is 1. The molecule has 0 radical (unpaired) electrons. The fourth-order valence-corrected chi connectivity index (χ4v) is 15.0. The van der Waals surface area contributed by atoms with Gasteiger partial charge < -0.3 is 35.1 Å². The highest BCUT2D eigenvalue weighted by molar-refractivity contribution is 5.86. The van der Waals surface area contributed by atoms with Gasteiger partial charge in [0.15, 0.2) is 0 Å². The molecule has 1 spiro atoms. The number of rotatable bonds is 4. The van der Waals surface area contributed by atoms with Gasteiger partial charge in [-0.15, -0.1) is 0 Å². The molecule has 6 fully saturated rings. The molecule has 9 rings (SSSR count). The minimum atomic E-state index is -1.70. The quantitative estimate of drug-likeness (QED) is 0.118. The smallest absolute Gasteiger partial charge is 0.331 e. The molecule has 4 bridgehead atoms. The van der Waals surface area contributed by atoms with Crippen LogP contribution in [0.5, 0.6) is 0 Å². The van der Waals surface area contributed by atoms with Crippen molar-refractivity contribution in [1.82, 2.24) is 5.32 Å². The normalized spacial score (nSPS) is 49.5. The summed E-state index contributed by atoms with van der Waals surface area (Å²) in [5.41, 5.74) is -4.15. The number of esters is 1. The highest BCUT2D eigenvalue weighted by Crippen LogP contribution is 2.77. The summed E-state index contributed by atoms with van der Waals surface area (Å²) < 4.78 is 6.16. The molecule has 15 atom stereocenters. The highest BCUT2D eigenvalue weighted by Gasteiger charge is 2.82. The molecule has 9 heteroatoms. The Labute approximate surface area is 313 Å². The summed E-state index contributed by atoms with van der Waals surface area (Å²) in [4.78, 5) is 27.2. The minimum Gasteiger partial charge on any atom is -0.454 e. The molecule has 1 aromatic carbocycles. The molecule has 286 valence electrons. The third-order valence-corrected chi connectivity index (χ3v) is 17.1. The largest absolute Gasteiger partial charge is 0.454 e. The second-order valence-electron chi connectivity index (χ2n) is 18.9. The van der Waals surface area contributed by atoms with E-state index >= 15 is 0 Å². The summed E-state index contributed by atoms with van der Waals surface area (Å²) in [6.07, 6.45) is 7.64. The first-order chi connectivity index (χ1) is 25.4. The van der Waals surface area contributed by atoms with Crippen LogP contribution in [0.1, 0.15) is 102 Å². The molecule has 53 heavy (non-hydrogen) atoms. The van der Waals surface area contributed by atoms with Gasteiger partial charge in [-0.2, -0.15) is 0 Å². The Hall–Kier alpha value is -2.58. The van der Waals surface area contributed by atoms with Gasteiger partial charge in [0.1, 0.15) is 18.0 Å². The lowest BCUT2D eigenvalue weighted by atomic mass is 9.36. The second kappa shape index (κ2) is 12.5. The molecule has 1 heterocycles. The lowest BCUT2D eigenvalue weighted by Crippen LogP contribution is -2.80. The highest BCUT2D eigenvalue weighted by atomic mass is 16.5. The Morgan fingerprint density at radius 2 is 1.85 bits per heavy atom. The molecule has 1 aromatic rings. The van der Waals surface area contributed by atoms with Gasteiger partial charge in [-0.05, 0) is 124 Å². The summed E-state index contributed by atoms with van der Waals surface area (Å²) in [5.74, 6) is 4.87. The Morgan fingerprint density at radius 1 is 1.04 bits per heavy atom. The first-order valence-electron chi connectivity index (χ1n) is 20.5. The molecular formula is C44H57NO8. The molecule has 6 N–H and O–H groups in total. The van der Waals surface area contributed by atoms with Gasteiger partial charge in [-0.3, -0.25) is 5.32 Å². The molecular weight excluding hydrogens is 670 g/mol. The van der Waals surface area contributed by atoms with Crippen LogP contribution in [-0.4, -0.2) is 79.6 Å². The Balaban J connectivity index is 1.22. The lowest BCUT2D eigenvalue weighted by Gasteiger charge is -2.72. The second-order valence-corrected chi connectivity index (χ2v) is 18.9. The monoisotopic (exact) mass is 727 g/mol. The molecule has 0 unspecified atom stereocenters. The van der Waals surface area contributed by atoms with Crippen LogP contribution in [0.15, 0.2) is 35.9 Å². The van der Waals surface area contributed by atoms with Gasteiger partial charge >= 0.3 is 5.97 Å². The van der Waals surface area contributed by atoms with E-state index in [0.717, 1.165) is 29.4 Å². The van der Waals surface area contributed by atoms with Gasteiger partial charge in [0.25, 0.3) is 0 Å². The van der Waals surface area contributed by atoms with E-state index in [1.807, 2.05) is 18.2 Å². The average molecular weight is 728 g/mol. The van der Waals surface area contributed by atoms with E-state index in [-0.39, 0.29) is 49.3 Å². The average Bonchev–Trinajstić information content (AvgIpc) is 3.58. The van der Waals surface area contributed by atoms with E-state index in [1.54, 1.807) is 6.08 Å². The summed E-state index contributed by atoms with van der Waals surface area (Å²) in [6.45, 7) is 4.13. The number of carbonyl (C=O) groups is 2. The fraction of sp³-hybridized carbons (Fsp3) is 0.727. The number of aliphatic hydroxyl groups excluding tert-OH is 2. The molecule has 0 amide bonds. The van der Waals surface area contributed by atoms with Crippen molar-refractivity contribution in [2.75, 3.05) is 6.73 Å². The first kappa shape index (κ1) is 36.1. The number of hydrogen-bond acceptors (Lipinski definition) is 9. The van der Waals surface area contributed by atoms with Crippen molar-refractivity contribution >= 4 is 12.3 Å². The Bertz CT molecular complexity index is 1770. The first-order valence-corrected chi connectivity index (χ1v) is 20.5. The van der Waals surface area contributed by atoms with Crippen LogP contribution >= 0.6 is 0 Å². The number of hydrogen-bond donors (Lipinski definition) is 6. The molecule has 0 saturated heterocycles. The maximum Gasteiger partial charge on any atom is 0.331 e. The fourth-order valence-electron chi connectivity index (χ4n) is 15.0. The van der Waals surface area contributed by atoms with Crippen molar-refractivity contribution in [3.8, 4) is 11.8 Å². The molecule has 0 aromatic heterocycles. The standard InChI is InChI=1S/C44H57NO8/c1-25(2)27-10-11-33-35(48)12-15-41(23-46)36-13-16-40-14-6-5-8-26-7-3-4-9-28(26)19-34(45-24-47)31-18-29(38(40)32-20-37(49)53-39(31)32)21-43(40,51)42(36,50)22-30(17-27)44(33,41)52/h3-4,7,9,20,23,25,27,29-31,33-36,38-39,45,47-48,50-52H,6,10-19,21-22,24H2,1-2H3/t27-,29+,30+,31+,33+,34+,35-,36+,38+,39-,40+,41-,42-,43+,44-/m0/s1. The summed E-state index contributed by atoms with van der Waals surface area (Å²) in [7, 11) is 0. The summed E-state index contributed by atoms with van der Waals surface area (Å²) in [5, 5.41) is 66.0. The van der Waals surface area contributed by atoms with Gasteiger partial charge in [0.2, 0.25) is 0 Å². The van der Waals surface area contributed by atoms with Gasteiger partial charge in [0.05, 0.1) is 29.5 Å². The van der Waals surface area contributed by atoms with Crippen LogP contribution < -0.4 is 5.32 Å². The van der Waals surface area contributed by atoms with Crippen molar-refractivity contribution in [1.29, 1.82) is 0 Å². The van der Waals surface area contributed by atoms with E-state index in [2.05, 4.69) is 37.1 Å². The van der Waals surface area contributed by atoms with E-state index < -0.39 is 63.6 Å². The minimum absolute atomic E-state index is 0.0943. The van der Waals surface area contributed by atoms with E-state index in [9.17, 15) is 35.1 Å². The maximum absolute atomic E-state index is 13.9. The van der Waals surface area contributed by atoms with Crippen LogP contribution in [-0.2, 0) is 20.7 Å².